The van der Waals surface area contributed by atoms with E-state index in [9.17, 15) is 0 Å². The van der Waals surface area contributed by atoms with Crippen LogP contribution in [0.15, 0.2) is 6.07 Å². The van der Waals surface area contributed by atoms with E-state index in [1.165, 1.54) is 6.42 Å². The highest BCUT2D eigenvalue weighted by Crippen LogP contribution is 2.15. The molecule has 102 valence electrons. The van der Waals surface area contributed by atoms with Gasteiger partial charge in [-0.15, -0.1) is 0 Å². The molecule has 1 aromatic rings. The Hall–Kier alpha value is -1.36. The third-order valence-electron chi connectivity index (χ3n) is 2.65. The number of nitrogens with two attached hydrogens (primary N) is 1. The third-order valence-corrected chi connectivity index (χ3v) is 2.65. The van der Waals surface area contributed by atoms with Gasteiger partial charge >= 0.3 is 0 Å². The van der Waals surface area contributed by atoms with E-state index in [1.807, 2.05) is 19.9 Å². The van der Waals surface area contributed by atoms with Gasteiger partial charge in [0.2, 0.25) is 5.88 Å². The van der Waals surface area contributed by atoms with Gasteiger partial charge in [0.25, 0.3) is 0 Å². The van der Waals surface area contributed by atoms with E-state index in [4.69, 9.17) is 10.5 Å². The lowest BCUT2D eigenvalue weighted by Crippen LogP contribution is -2.29. The van der Waals surface area contributed by atoms with Crippen LogP contribution in [-0.2, 0) is 0 Å². The van der Waals surface area contributed by atoms with Crippen LogP contribution in [0.3, 0.4) is 0 Å². The maximum atomic E-state index is 5.76. The number of nitrogens with zero attached hydrogens (tertiary/aromatic N) is 2. The van der Waals surface area contributed by atoms with E-state index in [2.05, 4.69) is 22.2 Å². The zero-order chi connectivity index (χ0) is 13.4. The Morgan fingerprint density at radius 1 is 1.39 bits per heavy atom. The Kier molecular flexibility index (Phi) is 6.43. The van der Waals surface area contributed by atoms with Crippen molar-refractivity contribution in [1.82, 2.24) is 9.97 Å². The van der Waals surface area contributed by atoms with Crippen molar-refractivity contribution in [2.75, 3.05) is 18.5 Å². The quantitative estimate of drug-likeness (QED) is 0.741. The summed E-state index contributed by atoms with van der Waals surface area (Å²) in [6.07, 6.45) is 3.39. The number of aryl methyl sites for hydroxylation is 1. The predicted octanol–water partition coefficient (Wildman–Crippen LogP) is 2.11. The summed E-state index contributed by atoms with van der Waals surface area (Å²) >= 11 is 0. The molecule has 1 unspecified atom stereocenters. The lowest BCUT2D eigenvalue weighted by Gasteiger charge is -2.17. The Bertz CT molecular complexity index is 357. The van der Waals surface area contributed by atoms with Crippen molar-refractivity contribution in [3.05, 3.63) is 11.9 Å². The molecule has 5 nitrogen and oxygen atoms in total. The van der Waals surface area contributed by atoms with Crippen LogP contribution in [-0.4, -0.2) is 29.2 Å². The molecule has 0 saturated heterocycles. The summed E-state index contributed by atoms with van der Waals surface area (Å²) in [6, 6.07) is 2.08. The molecule has 1 atom stereocenters. The lowest BCUT2D eigenvalue weighted by molar-refractivity contribution is 0.325. The lowest BCUT2D eigenvalue weighted by atomic mass is 10.1. The second kappa shape index (κ2) is 7.87. The minimum atomic E-state index is 0.258. The molecule has 0 aliphatic rings. The number of unbranched alkanes of at least 4 members (excludes halogenated alkanes) is 1. The Balaban J connectivity index is 2.69. The van der Waals surface area contributed by atoms with Gasteiger partial charge in [-0.1, -0.05) is 19.8 Å². The first-order valence-corrected chi connectivity index (χ1v) is 6.64. The highest BCUT2D eigenvalue weighted by Gasteiger charge is 2.08. The first-order chi connectivity index (χ1) is 8.69. The molecular formula is C13H24N4O. The van der Waals surface area contributed by atoms with Gasteiger partial charge < -0.3 is 15.8 Å². The standard InChI is InChI=1S/C13H24N4O/c1-4-6-7-11(9-14)17-12-8-13(18-5-2)16-10(3)15-12/h8,11H,4-7,9,14H2,1-3H3,(H,15,16,17). The average molecular weight is 252 g/mol. The van der Waals surface area contributed by atoms with Gasteiger partial charge in [-0.3, -0.25) is 0 Å². The minimum Gasteiger partial charge on any atom is -0.478 e. The number of ether oxygens (including phenoxy) is 1. The Morgan fingerprint density at radius 2 is 2.17 bits per heavy atom. The van der Waals surface area contributed by atoms with Crippen molar-refractivity contribution < 1.29 is 4.74 Å². The molecule has 18 heavy (non-hydrogen) atoms. The molecule has 1 heterocycles. The SMILES string of the molecule is CCCCC(CN)Nc1cc(OCC)nc(C)n1. The summed E-state index contributed by atoms with van der Waals surface area (Å²) in [5, 5.41) is 3.35. The van der Waals surface area contributed by atoms with Crippen LogP contribution < -0.4 is 15.8 Å². The topological polar surface area (TPSA) is 73.1 Å². The van der Waals surface area contributed by atoms with Crippen LogP contribution in [0.1, 0.15) is 38.9 Å². The third kappa shape index (κ3) is 4.87. The molecule has 0 amide bonds. The number of hydrogen-bond donors (Lipinski definition) is 2. The zero-order valence-electron chi connectivity index (χ0n) is 11.6. The second-order valence-corrected chi connectivity index (χ2v) is 4.29. The van der Waals surface area contributed by atoms with Crippen molar-refractivity contribution in [3.63, 3.8) is 0 Å². The fourth-order valence-corrected chi connectivity index (χ4v) is 1.74. The molecule has 0 spiro atoms. The smallest absolute Gasteiger partial charge is 0.218 e. The molecular weight excluding hydrogens is 228 g/mol. The molecule has 0 fully saturated rings. The molecule has 0 saturated carbocycles. The minimum absolute atomic E-state index is 0.258. The molecule has 0 bridgehead atoms. The summed E-state index contributed by atoms with van der Waals surface area (Å²) in [5.74, 6) is 2.10. The van der Waals surface area contributed by atoms with E-state index in [0.717, 1.165) is 18.7 Å². The Labute approximate surface area is 109 Å². The van der Waals surface area contributed by atoms with Gasteiger partial charge in [0.1, 0.15) is 11.6 Å². The van der Waals surface area contributed by atoms with Gasteiger partial charge in [-0.2, -0.15) is 4.98 Å². The maximum Gasteiger partial charge on any atom is 0.218 e. The number of aromatic nitrogens is 2. The highest BCUT2D eigenvalue weighted by molar-refractivity contribution is 5.39. The Morgan fingerprint density at radius 3 is 2.78 bits per heavy atom. The fraction of sp³-hybridized carbons (Fsp3) is 0.692. The van der Waals surface area contributed by atoms with Crippen LogP contribution in [0.25, 0.3) is 0 Å². The van der Waals surface area contributed by atoms with E-state index >= 15 is 0 Å². The molecule has 0 aliphatic carbocycles. The molecule has 5 heteroatoms. The van der Waals surface area contributed by atoms with E-state index in [0.29, 0.717) is 24.9 Å². The second-order valence-electron chi connectivity index (χ2n) is 4.29. The molecule has 1 rings (SSSR count). The maximum absolute atomic E-state index is 5.76. The average Bonchev–Trinajstić information content (AvgIpc) is 2.34. The first-order valence-electron chi connectivity index (χ1n) is 6.64. The summed E-state index contributed by atoms with van der Waals surface area (Å²) in [4.78, 5) is 8.57. The summed E-state index contributed by atoms with van der Waals surface area (Å²) in [6.45, 7) is 7.18. The molecule has 3 N–H and O–H groups in total. The molecule has 0 aromatic carbocycles. The summed E-state index contributed by atoms with van der Waals surface area (Å²) in [5.41, 5.74) is 5.76. The molecule has 0 aliphatic heterocycles. The van der Waals surface area contributed by atoms with Crippen LogP contribution in [0.5, 0.6) is 5.88 Å². The predicted molar refractivity (Wildman–Crippen MR) is 73.9 cm³/mol. The summed E-state index contributed by atoms with van der Waals surface area (Å²) in [7, 11) is 0. The van der Waals surface area contributed by atoms with E-state index in [1.54, 1.807) is 0 Å². The van der Waals surface area contributed by atoms with Crippen LogP contribution in [0.2, 0.25) is 0 Å². The van der Waals surface area contributed by atoms with Crippen molar-refractivity contribution in [3.8, 4) is 5.88 Å². The normalized spacial score (nSPS) is 12.2. The molecule has 0 radical (unpaired) electrons. The van der Waals surface area contributed by atoms with Crippen LogP contribution >= 0.6 is 0 Å². The fourth-order valence-electron chi connectivity index (χ4n) is 1.74. The summed E-state index contributed by atoms with van der Waals surface area (Å²) < 4.78 is 5.40. The van der Waals surface area contributed by atoms with Crippen molar-refractivity contribution in [2.45, 2.75) is 46.1 Å². The molecule has 1 aromatic heterocycles. The zero-order valence-corrected chi connectivity index (χ0v) is 11.6. The van der Waals surface area contributed by atoms with Gasteiger partial charge in [0.15, 0.2) is 0 Å². The van der Waals surface area contributed by atoms with E-state index in [-0.39, 0.29) is 6.04 Å². The van der Waals surface area contributed by atoms with Crippen molar-refractivity contribution in [1.29, 1.82) is 0 Å². The van der Waals surface area contributed by atoms with E-state index < -0.39 is 0 Å². The van der Waals surface area contributed by atoms with Crippen LogP contribution in [0, 0.1) is 6.92 Å². The number of hydrogen-bond acceptors (Lipinski definition) is 5. The first kappa shape index (κ1) is 14.7. The van der Waals surface area contributed by atoms with Crippen molar-refractivity contribution >= 4 is 5.82 Å². The number of rotatable bonds is 8. The van der Waals surface area contributed by atoms with Gasteiger partial charge in [0, 0.05) is 18.7 Å². The van der Waals surface area contributed by atoms with Gasteiger partial charge in [0.05, 0.1) is 6.61 Å². The van der Waals surface area contributed by atoms with Crippen molar-refractivity contribution in [2.24, 2.45) is 5.73 Å². The van der Waals surface area contributed by atoms with Gasteiger partial charge in [-0.05, 0) is 20.3 Å². The monoisotopic (exact) mass is 252 g/mol. The van der Waals surface area contributed by atoms with Gasteiger partial charge in [-0.25, -0.2) is 4.98 Å². The largest absolute Gasteiger partial charge is 0.478 e. The highest BCUT2D eigenvalue weighted by atomic mass is 16.5. The number of anilines is 1. The number of nitrogens with one attached hydrogen (secondary N) is 1. The van der Waals surface area contributed by atoms with Crippen LogP contribution in [0.4, 0.5) is 5.82 Å².